The Labute approximate surface area is 221 Å². The molecule has 1 saturated heterocycles. The molecule has 2 aliphatic carbocycles. The summed E-state index contributed by atoms with van der Waals surface area (Å²) in [5.41, 5.74) is 3.08. The van der Waals surface area contributed by atoms with Gasteiger partial charge in [0.25, 0.3) is 0 Å². The Morgan fingerprint density at radius 1 is 1.11 bits per heavy atom. The van der Waals surface area contributed by atoms with Gasteiger partial charge in [0.2, 0.25) is 10.0 Å². The SMILES string of the molecule is CC1(C)CCN(S(=O)(=O)Cc2cccc(C(=O)C3=CCc4ncc(-c5cnc(C6CC6)nc5)cc43)c2F)C1. The number of pyridine rings is 1. The van der Waals surface area contributed by atoms with Crippen LogP contribution in [0.2, 0.25) is 0 Å². The van der Waals surface area contributed by atoms with E-state index in [0.29, 0.717) is 36.6 Å². The third-order valence-corrected chi connectivity index (χ3v) is 9.42. The fourth-order valence-electron chi connectivity index (χ4n) is 5.21. The number of carbonyl (C=O) groups excluding carboxylic acids is 1. The van der Waals surface area contributed by atoms with Crippen LogP contribution in [0.4, 0.5) is 4.39 Å². The molecule has 0 bridgehead atoms. The van der Waals surface area contributed by atoms with E-state index in [4.69, 9.17) is 0 Å². The standard InChI is InChI=1S/C29H29FN4O3S/c1-29(2)10-11-34(17-29)38(36,37)16-19-4-3-5-23(26(19)30)27(35)22-8-9-25-24(22)12-20(13-31-25)21-14-32-28(33-15-21)18-6-7-18/h3-5,8,12-15,18H,6-7,9-11,16-17H2,1-2H3. The topological polar surface area (TPSA) is 93.1 Å². The molecular formula is C29H29FN4O3S. The second kappa shape index (κ2) is 9.17. The Hall–Kier alpha value is -3.30. The second-order valence-electron chi connectivity index (χ2n) is 11.3. The van der Waals surface area contributed by atoms with Crippen LogP contribution in [0.3, 0.4) is 0 Å². The molecule has 38 heavy (non-hydrogen) atoms. The Morgan fingerprint density at radius 3 is 2.53 bits per heavy atom. The number of ketones is 1. The van der Waals surface area contributed by atoms with Crippen LogP contribution >= 0.6 is 0 Å². The molecule has 2 aromatic heterocycles. The van der Waals surface area contributed by atoms with Gasteiger partial charge in [-0.05, 0) is 36.8 Å². The van der Waals surface area contributed by atoms with Crippen molar-refractivity contribution in [3.8, 4) is 11.1 Å². The Kier molecular flexibility index (Phi) is 6.03. The van der Waals surface area contributed by atoms with Gasteiger partial charge in [0.05, 0.1) is 17.0 Å². The van der Waals surface area contributed by atoms with E-state index in [1.165, 1.54) is 16.4 Å². The summed E-state index contributed by atoms with van der Waals surface area (Å²) in [6.07, 6.45) is 10.5. The highest BCUT2D eigenvalue weighted by Gasteiger charge is 2.37. The average molecular weight is 533 g/mol. The van der Waals surface area contributed by atoms with Gasteiger partial charge in [-0.25, -0.2) is 27.1 Å². The van der Waals surface area contributed by atoms with Crippen molar-refractivity contribution in [3.05, 3.63) is 83.0 Å². The summed E-state index contributed by atoms with van der Waals surface area (Å²) >= 11 is 0. The highest BCUT2D eigenvalue weighted by Crippen LogP contribution is 2.38. The highest BCUT2D eigenvalue weighted by molar-refractivity contribution is 7.88. The van der Waals surface area contributed by atoms with Gasteiger partial charge in [0, 0.05) is 71.8 Å². The summed E-state index contributed by atoms with van der Waals surface area (Å²) in [4.78, 5) is 27.0. The third-order valence-electron chi connectivity index (χ3n) is 7.65. The maximum absolute atomic E-state index is 15.6. The first kappa shape index (κ1) is 25.0. The maximum Gasteiger partial charge on any atom is 0.218 e. The van der Waals surface area contributed by atoms with Gasteiger partial charge in [-0.15, -0.1) is 0 Å². The summed E-state index contributed by atoms with van der Waals surface area (Å²) in [7, 11) is -3.71. The van der Waals surface area contributed by atoms with E-state index >= 15 is 4.39 Å². The summed E-state index contributed by atoms with van der Waals surface area (Å²) < 4.78 is 43.1. The molecule has 3 aliphatic rings. The molecule has 0 spiro atoms. The largest absolute Gasteiger partial charge is 0.288 e. The lowest BCUT2D eigenvalue weighted by atomic mass is 9.93. The first-order valence-corrected chi connectivity index (χ1v) is 14.5. The van der Waals surface area contributed by atoms with Crippen LogP contribution in [0.5, 0.6) is 0 Å². The molecule has 1 aliphatic heterocycles. The quantitative estimate of drug-likeness (QED) is 0.400. The number of allylic oxidation sites excluding steroid dienone is 2. The van der Waals surface area contributed by atoms with Crippen molar-refractivity contribution in [1.82, 2.24) is 19.3 Å². The smallest absolute Gasteiger partial charge is 0.218 e. The van der Waals surface area contributed by atoms with E-state index in [0.717, 1.165) is 41.9 Å². The van der Waals surface area contributed by atoms with Gasteiger partial charge < -0.3 is 0 Å². The lowest BCUT2D eigenvalue weighted by Gasteiger charge is -2.20. The number of halogens is 1. The Morgan fingerprint density at radius 2 is 1.84 bits per heavy atom. The first-order chi connectivity index (χ1) is 18.1. The predicted octanol–water partition coefficient (Wildman–Crippen LogP) is 4.94. The Balaban J connectivity index is 1.26. The van der Waals surface area contributed by atoms with E-state index in [-0.39, 0.29) is 16.5 Å². The number of benzene rings is 1. The van der Waals surface area contributed by atoms with Crippen LogP contribution in [0, 0.1) is 11.2 Å². The number of hydrogen-bond donors (Lipinski definition) is 0. The Bertz CT molecular complexity index is 1580. The molecule has 0 radical (unpaired) electrons. The third kappa shape index (κ3) is 4.69. The molecule has 3 aromatic rings. The number of fused-ring (bicyclic) bond motifs is 1. The van der Waals surface area contributed by atoms with Gasteiger partial charge >= 0.3 is 0 Å². The summed E-state index contributed by atoms with van der Waals surface area (Å²) in [5, 5.41) is 0. The average Bonchev–Trinajstić information content (AvgIpc) is 3.55. The molecule has 7 nitrogen and oxygen atoms in total. The van der Waals surface area contributed by atoms with Gasteiger partial charge in [0.1, 0.15) is 11.6 Å². The van der Waals surface area contributed by atoms with E-state index < -0.39 is 27.4 Å². The van der Waals surface area contributed by atoms with Crippen LogP contribution < -0.4 is 0 Å². The lowest BCUT2D eigenvalue weighted by molar-refractivity contribution is 0.105. The zero-order valence-electron chi connectivity index (χ0n) is 21.4. The van der Waals surface area contributed by atoms with Crippen molar-refractivity contribution >= 4 is 21.4 Å². The van der Waals surface area contributed by atoms with Gasteiger partial charge in [-0.1, -0.05) is 32.1 Å². The fraction of sp³-hybridized carbons (Fsp3) is 0.379. The number of Topliss-reactive ketones (excluding diaryl/α,β-unsaturated/α-hetero) is 1. The van der Waals surface area contributed by atoms with Crippen LogP contribution in [0.15, 0.2) is 48.9 Å². The molecule has 2 fully saturated rings. The van der Waals surface area contributed by atoms with E-state index in [9.17, 15) is 13.2 Å². The van der Waals surface area contributed by atoms with Gasteiger partial charge in [-0.2, -0.15) is 0 Å². The van der Waals surface area contributed by atoms with E-state index in [1.54, 1.807) is 30.7 Å². The first-order valence-electron chi connectivity index (χ1n) is 12.9. The zero-order valence-corrected chi connectivity index (χ0v) is 22.3. The minimum Gasteiger partial charge on any atom is -0.288 e. The molecule has 9 heteroatoms. The highest BCUT2D eigenvalue weighted by atomic mass is 32.2. The molecule has 6 rings (SSSR count). The van der Waals surface area contributed by atoms with Crippen molar-refractivity contribution in [2.45, 2.75) is 51.2 Å². The summed E-state index contributed by atoms with van der Waals surface area (Å²) in [6.45, 7) is 4.87. The maximum atomic E-state index is 15.6. The zero-order chi connectivity index (χ0) is 26.7. The van der Waals surface area contributed by atoms with Gasteiger partial charge in [-0.3, -0.25) is 9.78 Å². The van der Waals surface area contributed by atoms with Crippen molar-refractivity contribution in [2.24, 2.45) is 5.41 Å². The predicted molar refractivity (Wildman–Crippen MR) is 142 cm³/mol. The number of nitrogens with zero attached hydrogens (tertiary/aromatic N) is 4. The van der Waals surface area contributed by atoms with Crippen LogP contribution in [-0.2, 0) is 22.2 Å². The normalized spacial score (nSPS) is 18.9. The minimum absolute atomic E-state index is 0.000784. The molecule has 0 atom stereocenters. The molecule has 0 N–H and O–H groups in total. The molecule has 1 aromatic carbocycles. The number of hydrogen-bond acceptors (Lipinski definition) is 6. The van der Waals surface area contributed by atoms with Crippen molar-refractivity contribution in [2.75, 3.05) is 13.1 Å². The van der Waals surface area contributed by atoms with Crippen molar-refractivity contribution in [1.29, 1.82) is 0 Å². The molecule has 196 valence electrons. The van der Waals surface area contributed by atoms with E-state index in [1.807, 2.05) is 19.9 Å². The number of aromatic nitrogens is 3. The van der Waals surface area contributed by atoms with Crippen LogP contribution in [0.25, 0.3) is 16.7 Å². The molecule has 3 heterocycles. The summed E-state index contributed by atoms with van der Waals surface area (Å²) in [5.74, 6) is -0.445. The van der Waals surface area contributed by atoms with Gasteiger partial charge in [0.15, 0.2) is 5.78 Å². The van der Waals surface area contributed by atoms with Crippen LogP contribution in [0.1, 0.15) is 72.0 Å². The molecule has 0 amide bonds. The van der Waals surface area contributed by atoms with Crippen LogP contribution in [-0.4, -0.2) is 46.5 Å². The molecular weight excluding hydrogens is 503 g/mol. The minimum atomic E-state index is -3.71. The molecule has 1 saturated carbocycles. The van der Waals surface area contributed by atoms with Crippen molar-refractivity contribution in [3.63, 3.8) is 0 Å². The number of carbonyl (C=O) groups is 1. The monoisotopic (exact) mass is 532 g/mol. The second-order valence-corrected chi connectivity index (χ2v) is 13.2. The molecule has 0 unspecified atom stereocenters. The lowest BCUT2D eigenvalue weighted by Crippen LogP contribution is -2.31. The number of sulfonamides is 1. The van der Waals surface area contributed by atoms with Crippen molar-refractivity contribution < 1.29 is 17.6 Å². The summed E-state index contributed by atoms with van der Waals surface area (Å²) in [6, 6.07) is 6.26. The van der Waals surface area contributed by atoms with E-state index in [2.05, 4.69) is 15.0 Å². The number of rotatable bonds is 7. The fourth-order valence-corrected chi connectivity index (χ4v) is 6.92.